The van der Waals surface area contributed by atoms with Crippen molar-refractivity contribution in [2.75, 3.05) is 6.61 Å². The number of halogens is 1. The average molecular weight is 454 g/mol. The van der Waals surface area contributed by atoms with Gasteiger partial charge in [-0.05, 0) is 50.5 Å². The van der Waals surface area contributed by atoms with Crippen LogP contribution >= 0.6 is 11.6 Å². The number of amides is 2. The molecule has 2 amide bonds. The second-order valence-electron chi connectivity index (χ2n) is 7.84. The molecule has 1 aliphatic rings. The third-order valence-electron chi connectivity index (χ3n) is 5.26. The third kappa shape index (κ3) is 5.11. The predicted octanol–water partition coefficient (Wildman–Crippen LogP) is 4.45. The summed E-state index contributed by atoms with van der Waals surface area (Å²) < 4.78 is 10.8. The SMILES string of the molecule is Cc1onc(-c2ccccc2Cl)c1C(=O)NC(C)c1ccc(OCC(=O)NC2CC2)cc1. The number of aryl methyl sites for hydroxylation is 1. The van der Waals surface area contributed by atoms with Gasteiger partial charge in [-0.1, -0.05) is 47.1 Å². The Bertz CT molecular complexity index is 1120. The lowest BCUT2D eigenvalue weighted by atomic mass is 10.0. The molecule has 1 aliphatic carbocycles. The van der Waals surface area contributed by atoms with E-state index in [1.165, 1.54) is 0 Å². The fourth-order valence-corrected chi connectivity index (χ4v) is 3.55. The second-order valence-corrected chi connectivity index (χ2v) is 8.24. The minimum absolute atomic E-state index is 0.0142. The number of aromatic nitrogens is 1. The number of hydrogen-bond donors (Lipinski definition) is 2. The highest BCUT2D eigenvalue weighted by Gasteiger charge is 2.25. The quantitative estimate of drug-likeness (QED) is 0.525. The van der Waals surface area contributed by atoms with Gasteiger partial charge in [-0.2, -0.15) is 0 Å². The Morgan fingerprint density at radius 1 is 1.19 bits per heavy atom. The van der Waals surface area contributed by atoms with Crippen molar-refractivity contribution in [1.29, 1.82) is 0 Å². The summed E-state index contributed by atoms with van der Waals surface area (Å²) in [4.78, 5) is 24.8. The molecule has 0 spiro atoms. The zero-order valence-corrected chi connectivity index (χ0v) is 18.6. The van der Waals surface area contributed by atoms with Crippen LogP contribution < -0.4 is 15.4 Å². The van der Waals surface area contributed by atoms with Crippen LogP contribution in [0.4, 0.5) is 0 Å². The van der Waals surface area contributed by atoms with E-state index in [9.17, 15) is 9.59 Å². The summed E-state index contributed by atoms with van der Waals surface area (Å²) in [6.07, 6.45) is 2.08. The summed E-state index contributed by atoms with van der Waals surface area (Å²) >= 11 is 6.28. The van der Waals surface area contributed by atoms with Crippen LogP contribution in [0, 0.1) is 6.92 Å². The van der Waals surface area contributed by atoms with Crippen LogP contribution in [0.25, 0.3) is 11.3 Å². The van der Waals surface area contributed by atoms with E-state index < -0.39 is 0 Å². The molecule has 1 fully saturated rings. The molecule has 0 radical (unpaired) electrons. The van der Waals surface area contributed by atoms with Crippen LogP contribution in [0.15, 0.2) is 53.1 Å². The fraction of sp³-hybridized carbons (Fsp3) is 0.292. The van der Waals surface area contributed by atoms with Crippen molar-refractivity contribution < 1.29 is 18.8 Å². The molecule has 0 aliphatic heterocycles. The number of carbonyl (C=O) groups excluding carboxylic acids is 2. The summed E-state index contributed by atoms with van der Waals surface area (Å²) in [6, 6.07) is 14.5. The molecule has 0 saturated heterocycles. The van der Waals surface area contributed by atoms with Gasteiger partial charge in [0.05, 0.1) is 11.1 Å². The lowest BCUT2D eigenvalue weighted by molar-refractivity contribution is -0.123. The molecule has 166 valence electrons. The summed E-state index contributed by atoms with van der Waals surface area (Å²) in [5, 5.41) is 10.4. The first-order chi connectivity index (χ1) is 15.4. The number of ether oxygens (including phenoxy) is 1. The molecular formula is C24H24ClN3O4. The lowest BCUT2D eigenvalue weighted by Crippen LogP contribution is -2.30. The van der Waals surface area contributed by atoms with Gasteiger partial charge in [0.25, 0.3) is 11.8 Å². The zero-order chi connectivity index (χ0) is 22.7. The molecule has 1 saturated carbocycles. The van der Waals surface area contributed by atoms with Crippen molar-refractivity contribution >= 4 is 23.4 Å². The summed E-state index contributed by atoms with van der Waals surface area (Å²) in [6.45, 7) is 3.56. The Balaban J connectivity index is 1.40. The number of carbonyl (C=O) groups is 2. The number of nitrogens with one attached hydrogen (secondary N) is 2. The smallest absolute Gasteiger partial charge is 0.258 e. The van der Waals surface area contributed by atoms with Gasteiger partial charge in [0, 0.05) is 11.6 Å². The first-order valence-electron chi connectivity index (χ1n) is 10.5. The normalized spacial score (nSPS) is 14.0. The molecule has 3 aromatic rings. The first-order valence-corrected chi connectivity index (χ1v) is 10.8. The minimum atomic E-state index is -0.303. The molecule has 8 heteroatoms. The van der Waals surface area contributed by atoms with Crippen molar-refractivity contribution in [1.82, 2.24) is 15.8 Å². The summed E-state index contributed by atoms with van der Waals surface area (Å²) in [5.41, 5.74) is 2.29. The van der Waals surface area contributed by atoms with E-state index in [0.29, 0.717) is 39.4 Å². The maximum absolute atomic E-state index is 13.0. The Labute approximate surface area is 191 Å². The molecule has 1 heterocycles. The van der Waals surface area contributed by atoms with Crippen molar-refractivity contribution in [2.45, 2.75) is 38.8 Å². The molecular weight excluding hydrogens is 430 g/mol. The van der Waals surface area contributed by atoms with Gasteiger partial charge < -0.3 is 19.9 Å². The monoisotopic (exact) mass is 453 g/mol. The number of rotatable bonds is 8. The highest BCUT2D eigenvalue weighted by molar-refractivity contribution is 6.33. The highest BCUT2D eigenvalue weighted by atomic mass is 35.5. The Hall–Kier alpha value is -3.32. The van der Waals surface area contributed by atoms with Gasteiger partial charge in [-0.15, -0.1) is 0 Å². The maximum atomic E-state index is 13.0. The molecule has 2 aromatic carbocycles. The number of hydrogen-bond acceptors (Lipinski definition) is 5. The molecule has 2 N–H and O–H groups in total. The Morgan fingerprint density at radius 2 is 1.91 bits per heavy atom. The van der Waals surface area contributed by atoms with Crippen LogP contribution in [0.2, 0.25) is 5.02 Å². The minimum Gasteiger partial charge on any atom is -0.484 e. The van der Waals surface area contributed by atoms with Crippen molar-refractivity contribution in [3.8, 4) is 17.0 Å². The maximum Gasteiger partial charge on any atom is 0.258 e. The summed E-state index contributed by atoms with van der Waals surface area (Å²) in [5.74, 6) is 0.589. The van der Waals surface area contributed by atoms with E-state index in [0.717, 1.165) is 18.4 Å². The van der Waals surface area contributed by atoms with Crippen LogP contribution in [-0.2, 0) is 4.79 Å². The van der Waals surface area contributed by atoms with Crippen LogP contribution in [0.5, 0.6) is 5.75 Å². The number of nitrogens with zero attached hydrogens (tertiary/aromatic N) is 1. The van der Waals surface area contributed by atoms with Gasteiger partial charge in [-0.3, -0.25) is 9.59 Å². The molecule has 1 aromatic heterocycles. The molecule has 1 atom stereocenters. The zero-order valence-electron chi connectivity index (χ0n) is 17.9. The average Bonchev–Trinajstić information content (AvgIpc) is 3.51. The lowest BCUT2D eigenvalue weighted by Gasteiger charge is -2.15. The van der Waals surface area contributed by atoms with Crippen LogP contribution in [0.3, 0.4) is 0 Å². The fourth-order valence-electron chi connectivity index (χ4n) is 3.33. The van der Waals surface area contributed by atoms with E-state index in [2.05, 4.69) is 15.8 Å². The molecule has 4 rings (SSSR count). The Morgan fingerprint density at radius 3 is 2.59 bits per heavy atom. The van der Waals surface area contributed by atoms with Gasteiger partial charge in [0.15, 0.2) is 6.61 Å². The van der Waals surface area contributed by atoms with Crippen molar-refractivity contribution in [3.63, 3.8) is 0 Å². The van der Waals surface area contributed by atoms with Crippen LogP contribution in [0.1, 0.15) is 47.5 Å². The van der Waals surface area contributed by atoms with Crippen molar-refractivity contribution in [3.05, 3.63) is 70.4 Å². The van der Waals surface area contributed by atoms with Gasteiger partial charge >= 0.3 is 0 Å². The number of benzene rings is 2. The van der Waals surface area contributed by atoms with E-state index in [-0.39, 0.29) is 24.5 Å². The van der Waals surface area contributed by atoms with Crippen molar-refractivity contribution in [2.24, 2.45) is 0 Å². The molecule has 1 unspecified atom stereocenters. The van der Waals surface area contributed by atoms with E-state index in [1.807, 2.05) is 31.2 Å². The Kier molecular flexibility index (Phi) is 6.46. The van der Waals surface area contributed by atoms with E-state index >= 15 is 0 Å². The summed E-state index contributed by atoms with van der Waals surface area (Å²) in [7, 11) is 0. The van der Waals surface area contributed by atoms with E-state index in [1.54, 1.807) is 31.2 Å². The largest absolute Gasteiger partial charge is 0.484 e. The van der Waals surface area contributed by atoms with Gasteiger partial charge in [0.1, 0.15) is 22.8 Å². The van der Waals surface area contributed by atoms with Gasteiger partial charge in [-0.25, -0.2) is 0 Å². The van der Waals surface area contributed by atoms with E-state index in [4.69, 9.17) is 20.9 Å². The second kappa shape index (κ2) is 9.44. The van der Waals surface area contributed by atoms with Gasteiger partial charge in [0.2, 0.25) is 0 Å². The first kappa shape index (κ1) is 21.9. The molecule has 0 bridgehead atoms. The standard InChI is InChI=1S/C24H24ClN3O4/c1-14(16-7-11-18(12-8-16)31-13-21(29)27-17-9-10-17)26-24(30)22-15(2)32-28-23(22)19-5-3-4-6-20(19)25/h3-8,11-12,14,17H,9-10,13H2,1-2H3,(H,26,30)(H,27,29). The van der Waals surface area contributed by atoms with Crippen LogP contribution in [-0.4, -0.2) is 29.6 Å². The highest BCUT2D eigenvalue weighted by Crippen LogP contribution is 2.31. The molecule has 32 heavy (non-hydrogen) atoms. The topological polar surface area (TPSA) is 93.5 Å². The molecule has 7 nitrogen and oxygen atoms in total. The third-order valence-corrected chi connectivity index (χ3v) is 5.59. The predicted molar refractivity (Wildman–Crippen MR) is 121 cm³/mol.